The van der Waals surface area contributed by atoms with Gasteiger partial charge in [0.25, 0.3) is 0 Å². The van der Waals surface area contributed by atoms with Gasteiger partial charge in [0, 0.05) is 34.9 Å². The third-order valence-electron chi connectivity index (χ3n) is 7.33. The molecule has 2 aromatic carbocycles. The van der Waals surface area contributed by atoms with Gasteiger partial charge in [-0.1, -0.05) is 18.7 Å². The predicted octanol–water partition coefficient (Wildman–Crippen LogP) is 7.14. The number of benzene rings is 2. The Balaban J connectivity index is 1.33. The maximum absolute atomic E-state index is 15.3. The number of carboxylic acid groups (broad SMARTS) is 1. The van der Waals surface area contributed by atoms with E-state index in [2.05, 4.69) is 42.5 Å². The van der Waals surface area contributed by atoms with Crippen LogP contribution < -0.4 is 9.47 Å². The lowest BCUT2D eigenvalue weighted by Gasteiger charge is -2.21. The van der Waals surface area contributed by atoms with E-state index >= 15 is 4.39 Å². The summed E-state index contributed by atoms with van der Waals surface area (Å²) in [5.74, 6) is -0.294. The van der Waals surface area contributed by atoms with Crippen molar-refractivity contribution in [3.63, 3.8) is 0 Å². The van der Waals surface area contributed by atoms with E-state index in [1.807, 2.05) is 18.2 Å². The molecular formula is C32H31FN2O4. The van der Waals surface area contributed by atoms with Crippen LogP contribution in [0.4, 0.5) is 4.39 Å². The molecule has 2 aliphatic rings. The Kier molecular flexibility index (Phi) is 7.59. The second kappa shape index (κ2) is 11.2. The summed E-state index contributed by atoms with van der Waals surface area (Å²) in [6, 6.07) is 11.5. The molecule has 1 aliphatic carbocycles. The Bertz CT molecular complexity index is 1460. The van der Waals surface area contributed by atoms with Crippen molar-refractivity contribution in [2.45, 2.75) is 51.6 Å². The van der Waals surface area contributed by atoms with Crippen molar-refractivity contribution in [3.8, 4) is 22.8 Å². The number of nitrogens with zero attached hydrogens (tertiary/aromatic N) is 2. The number of aliphatic carboxylic acids is 1. The van der Waals surface area contributed by atoms with Crippen molar-refractivity contribution < 1.29 is 23.8 Å². The van der Waals surface area contributed by atoms with E-state index in [0.717, 1.165) is 51.9 Å². The van der Waals surface area contributed by atoms with Gasteiger partial charge < -0.3 is 14.6 Å². The first-order valence-electron chi connectivity index (χ1n) is 13.1. The Hall–Kier alpha value is -4.26. The summed E-state index contributed by atoms with van der Waals surface area (Å²) in [7, 11) is 0. The van der Waals surface area contributed by atoms with Crippen LogP contribution in [0.3, 0.4) is 0 Å². The van der Waals surface area contributed by atoms with Crippen molar-refractivity contribution in [2.75, 3.05) is 6.61 Å². The summed E-state index contributed by atoms with van der Waals surface area (Å²) in [5, 5.41) is 9.14. The topological polar surface area (TPSA) is 81.5 Å². The minimum atomic E-state index is -0.860. The van der Waals surface area contributed by atoms with Crippen LogP contribution in [-0.2, 0) is 4.79 Å². The highest BCUT2D eigenvalue weighted by Gasteiger charge is 2.28. The van der Waals surface area contributed by atoms with Gasteiger partial charge >= 0.3 is 5.97 Å². The monoisotopic (exact) mass is 526 g/mol. The number of fused-ring (bicyclic) bond motifs is 1. The fourth-order valence-corrected chi connectivity index (χ4v) is 5.46. The Morgan fingerprint density at radius 2 is 1.97 bits per heavy atom. The van der Waals surface area contributed by atoms with Crippen molar-refractivity contribution >= 4 is 11.5 Å². The van der Waals surface area contributed by atoms with E-state index in [9.17, 15) is 4.79 Å². The second-order valence-corrected chi connectivity index (χ2v) is 10.1. The number of hydrogen-bond donors (Lipinski definition) is 1. The first kappa shape index (κ1) is 26.4. The van der Waals surface area contributed by atoms with Gasteiger partial charge in [-0.2, -0.15) is 0 Å². The molecule has 6 nitrogen and oxygen atoms in total. The van der Waals surface area contributed by atoms with E-state index in [4.69, 9.17) is 14.6 Å². The maximum atomic E-state index is 15.3. The quantitative estimate of drug-likeness (QED) is 0.368. The third-order valence-corrected chi connectivity index (χ3v) is 7.33. The van der Waals surface area contributed by atoms with Gasteiger partial charge in [-0.25, -0.2) is 14.4 Å². The lowest BCUT2D eigenvalue weighted by atomic mass is 9.89. The zero-order valence-corrected chi connectivity index (χ0v) is 22.1. The smallest absolute Gasteiger partial charge is 0.304 e. The second-order valence-electron chi connectivity index (χ2n) is 10.1. The first-order chi connectivity index (χ1) is 18.8. The molecule has 5 rings (SSSR count). The van der Waals surface area contributed by atoms with Gasteiger partial charge in [-0.15, -0.1) is 0 Å². The number of hydrogen-bond acceptors (Lipinski definition) is 5. The molecule has 2 heterocycles. The molecule has 0 unspecified atom stereocenters. The fourth-order valence-electron chi connectivity index (χ4n) is 5.46. The highest BCUT2D eigenvalue weighted by molar-refractivity contribution is 5.76. The normalized spacial score (nSPS) is 21.8. The lowest BCUT2D eigenvalue weighted by molar-refractivity contribution is -0.137. The van der Waals surface area contributed by atoms with Crippen LogP contribution in [0.2, 0.25) is 0 Å². The first-order valence-corrected chi connectivity index (χ1v) is 13.1. The predicted molar refractivity (Wildman–Crippen MR) is 148 cm³/mol. The number of carbonyl (C=O) groups is 1. The van der Waals surface area contributed by atoms with Crippen LogP contribution in [-0.4, -0.2) is 33.8 Å². The number of aromatic nitrogens is 2. The molecule has 7 heteroatoms. The van der Waals surface area contributed by atoms with Gasteiger partial charge in [-0.3, -0.25) is 4.79 Å². The van der Waals surface area contributed by atoms with Crippen LogP contribution in [0.25, 0.3) is 16.8 Å². The zero-order chi connectivity index (χ0) is 27.5. The number of ether oxygens (including phenoxy) is 2. The van der Waals surface area contributed by atoms with E-state index < -0.39 is 17.9 Å². The molecule has 0 amide bonds. The molecule has 39 heavy (non-hydrogen) atoms. The molecular weight excluding hydrogens is 495 g/mol. The van der Waals surface area contributed by atoms with Gasteiger partial charge in [0.2, 0.25) is 0 Å². The molecule has 0 saturated heterocycles. The fraction of sp³-hybridized carbons (Fsp3) is 0.281. The Labute approximate surface area is 227 Å². The highest BCUT2D eigenvalue weighted by Crippen LogP contribution is 2.39. The molecule has 0 fully saturated rings. The van der Waals surface area contributed by atoms with Gasteiger partial charge in [-0.05, 0) is 85.7 Å². The summed E-state index contributed by atoms with van der Waals surface area (Å²) in [6.45, 7) is 8.47. The van der Waals surface area contributed by atoms with Crippen LogP contribution in [0.5, 0.6) is 11.5 Å². The number of carboxylic acids is 1. The highest BCUT2D eigenvalue weighted by atomic mass is 19.1. The van der Waals surface area contributed by atoms with Gasteiger partial charge in [0.05, 0.1) is 18.7 Å². The van der Waals surface area contributed by atoms with Crippen LogP contribution in [0.1, 0.15) is 53.9 Å². The van der Waals surface area contributed by atoms with Crippen LogP contribution in [0.15, 0.2) is 79.1 Å². The van der Waals surface area contributed by atoms with Crippen molar-refractivity contribution in [1.29, 1.82) is 0 Å². The Morgan fingerprint density at radius 1 is 1.18 bits per heavy atom. The molecule has 200 valence electrons. The van der Waals surface area contributed by atoms with Crippen molar-refractivity contribution in [1.82, 2.24) is 9.97 Å². The SMILES string of the molecule is C=C1/C(F)=C\C=C(\c2c(C)cc(-c3ccncn3)cc2C)CCC[C@H]1Oc1ccc2c(c1)OC[C@H]2CC(=O)O. The average molecular weight is 527 g/mol. The third kappa shape index (κ3) is 5.77. The van der Waals surface area contributed by atoms with Crippen molar-refractivity contribution in [2.24, 2.45) is 0 Å². The summed E-state index contributed by atoms with van der Waals surface area (Å²) in [5.41, 5.74) is 7.44. The summed E-state index contributed by atoms with van der Waals surface area (Å²) >= 11 is 0. The van der Waals surface area contributed by atoms with Crippen LogP contribution in [0, 0.1) is 13.8 Å². The maximum Gasteiger partial charge on any atom is 0.304 e. The largest absolute Gasteiger partial charge is 0.492 e. The average Bonchev–Trinajstić information content (AvgIpc) is 3.32. The number of rotatable bonds is 6. The molecule has 1 N–H and O–H groups in total. The number of aryl methyl sites for hydroxylation is 2. The minimum Gasteiger partial charge on any atom is -0.492 e. The standard InChI is InChI=1S/C32H31FN2O4/c1-19-13-23(28-11-12-34-18-35-28)14-20(2)32(19)22-5-4-6-29(21(3)27(33)10-7-22)39-25-8-9-26-24(15-31(36)37)17-38-30(26)16-25/h7-14,16,18,24,29H,3-6,15,17H2,1-2H3,(H,36,37)/b22-7+,27-10+/t24-,29-/m1/s1. The molecule has 1 aromatic heterocycles. The van der Waals surface area contributed by atoms with Gasteiger partial charge in [0.15, 0.2) is 0 Å². The lowest BCUT2D eigenvalue weighted by Crippen LogP contribution is -2.19. The summed E-state index contributed by atoms with van der Waals surface area (Å²) in [4.78, 5) is 19.5. The van der Waals surface area contributed by atoms with E-state index in [-0.39, 0.29) is 12.3 Å². The molecule has 1 aliphatic heterocycles. The minimum absolute atomic E-state index is 0.0142. The molecule has 0 saturated carbocycles. The molecule has 0 bridgehead atoms. The summed E-state index contributed by atoms with van der Waals surface area (Å²) in [6.07, 6.45) is 8.22. The van der Waals surface area contributed by atoms with Crippen molar-refractivity contribution in [3.05, 3.63) is 101 Å². The molecule has 0 radical (unpaired) electrons. The van der Waals surface area contributed by atoms with E-state index in [0.29, 0.717) is 30.1 Å². The molecule has 3 aromatic rings. The van der Waals surface area contributed by atoms with E-state index in [1.165, 1.54) is 6.08 Å². The number of halogens is 1. The van der Waals surface area contributed by atoms with Crippen LogP contribution >= 0.6 is 0 Å². The molecule has 2 atom stereocenters. The molecule has 0 spiro atoms. The zero-order valence-electron chi connectivity index (χ0n) is 22.1. The Morgan fingerprint density at radius 3 is 2.69 bits per heavy atom. The van der Waals surface area contributed by atoms with Gasteiger partial charge in [0.1, 0.15) is 29.8 Å². The summed E-state index contributed by atoms with van der Waals surface area (Å²) < 4.78 is 27.2. The number of allylic oxidation sites excluding steroid dienone is 3. The van der Waals surface area contributed by atoms with E-state index in [1.54, 1.807) is 24.7 Å².